The van der Waals surface area contributed by atoms with Crippen molar-refractivity contribution in [1.82, 2.24) is 5.32 Å². The Morgan fingerprint density at radius 1 is 1.33 bits per heavy atom. The monoisotopic (exact) mass is 203 g/mol. The largest absolute Gasteiger partial charge is 0.508 e. The van der Waals surface area contributed by atoms with Crippen LogP contribution in [0.15, 0.2) is 24.3 Å². The summed E-state index contributed by atoms with van der Waals surface area (Å²) in [4.78, 5) is 0. The lowest BCUT2D eigenvalue weighted by Crippen LogP contribution is -2.41. The second kappa shape index (κ2) is 3.24. The zero-order valence-corrected chi connectivity index (χ0v) is 8.87. The third-order valence-corrected chi connectivity index (χ3v) is 4.22. The number of aromatic hydroxyl groups is 1. The maximum atomic E-state index is 9.24. The topological polar surface area (TPSA) is 32.3 Å². The van der Waals surface area contributed by atoms with E-state index in [1.165, 1.54) is 37.9 Å². The molecule has 1 saturated heterocycles. The summed E-state index contributed by atoms with van der Waals surface area (Å²) < 4.78 is 0. The van der Waals surface area contributed by atoms with E-state index in [-0.39, 0.29) is 0 Å². The van der Waals surface area contributed by atoms with Gasteiger partial charge in [0.1, 0.15) is 5.75 Å². The van der Waals surface area contributed by atoms with E-state index in [0.29, 0.717) is 11.2 Å². The highest BCUT2D eigenvalue weighted by Crippen LogP contribution is 2.51. The van der Waals surface area contributed by atoms with Gasteiger partial charge in [0.05, 0.1) is 0 Å². The Hall–Kier alpha value is -1.02. The summed E-state index contributed by atoms with van der Waals surface area (Å²) in [6, 6.07) is 7.69. The van der Waals surface area contributed by atoms with Gasteiger partial charge in [-0.2, -0.15) is 0 Å². The molecule has 0 spiro atoms. The average Bonchev–Trinajstić information content (AvgIpc) is 2.49. The minimum Gasteiger partial charge on any atom is -0.508 e. The molecule has 2 aliphatic rings. The summed E-state index contributed by atoms with van der Waals surface area (Å²) >= 11 is 0. The van der Waals surface area contributed by atoms with E-state index in [1.54, 1.807) is 12.1 Å². The Morgan fingerprint density at radius 2 is 2.13 bits per heavy atom. The molecule has 15 heavy (non-hydrogen) atoms. The Balaban J connectivity index is 1.77. The van der Waals surface area contributed by atoms with Gasteiger partial charge in [-0.25, -0.2) is 0 Å². The number of hydrogen-bond donors (Lipinski definition) is 2. The molecule has 0 bridgehead atoms. The van der Waals surface area contributed by atoms with Crippen LogP contribution in [0.1, 0.15) is 18.4 Å². The molecular formula is C13H17NO. The van der Waals surface area contributed by atoms with Crippen LogP contribution in [0.25, 0.3) is 0 Å². The van der Waals surface area contributed by atoms with Crippen LogP contribution >= 0.6 is 0 Å². The van der Waals surface area contributed by atoms with E-state index in [4.69, 9.17) is 0 Å². The van der Waals surface area contributed by atoms with Gasteiger partial charge in [0, 0.05) is 6.54 Å². The van der Waals surface area contributed by atoms with Crippen molar-refractivity contribution in [2.24, 2.45) is 11.3 Å². The van der Waals surface area contributed by atoms with Gasteiger partial charge in [-0.1, -0.05) is 12.1 Å². The molecule has 80 valence electrons. The van der Waals surface area contributed by atoms with Crippen molar-refractivity contribution in [3.63, 3.8) is 0 Å². The van der Waals surface area contributed by atoms with Gasteiger partial charge in [-0.15, -0.1) is 0 Å². The minimum atomic E-state index is 0.367. The SMILES string of the molecule is Oc1ccc(CC23CCC2CNC3)cc1. The van der Waals surface area contributed by atoms with Crippen molar-refractivity contribution < 1.29 is 5.11 Å². The molecule has 2 heteroatoms. The number of benzene rings is 1. The fourth-order valence-corrected chi connectivity index (χ4v) is 3.12. The normalized spacial score (nSPS) is 33.5. The van der Waals surface area contributed by atoms with Crippen LogP contribution in [0.2, 0.25) is 0 Å². The van der Waals surface area contributed by atoms with Crippen LogP contribution in [-0.2, 0) is 6.42 Å². The molecule has 1 saturated carbocycles. The molecule has 2 atom stereocenters. The molecule has 0 radical (unpaired) electrons. The smallest absolute Gasteiger partial charge is 0.115 e. The van der Waals surface area contributed by atoms with Crippen LogP contribution < -0.4 is 5.32 Å². The maximum absolute atomic E-state index is 9.24. The predicted molar refractivity (Wildman–Crippen MR) is 59.8 cm³/mol. The first-order valence-corrected chi connectivity index (χ1v) is 5.77. The van der Waals surface area contributed by atoms with Gasteiger partial charge in [-0.05, 0) is 54.8 Å². The van der Waals surface area contributed by atoms with Crippen molar-refractivity contribution >= 4 is 0 Å². The number of hydrogen-bond acceptors (Lipinski definition) is 2. The van der Waals surface area contributed by atoms with Gasteiger partial charge in [0.2, 0.25) is 0 Å². The highest BCUT2D eigenvalue weighted by Gasteiger charge is 2.49. The molecule has 3 rings (SSSR count). The van der Waals surface area contributed by atoms with Gasteiger partial charge < -0.3 is 10.4 Å². The highest BCUT2D eigenvalue weighted by atomic mass is 16.3. The third kappa shape index (κ3) is 1.44. The molecular weight excluding hydrogens is 186 g/mol. The summed E-state index contributed by atoms with van der Waals surface area (Å²) in [7, 11) is 0. The van der Waals surface area contributed by atoms with E-state index in [2.05, 4.69) is 17.4 Å². The van der Waals surface area contributed by atoms with Crippen molar-refractivity contribution in [2.45, 2.75) is 19.3 Å². The molecule has 0 aromatic heterocycles. The van der Waals surface area contributed by atoms with Crippen LogP contribution in [0.3, 0.4) is 0 Å². The molecule has 1 aromatic rings. The Kier molecular flexibility index (Phi) is 1.99. The molecule has 0 amide bonds. The van der Waals surface area contributed by atoms with E-state index in [9.17, 15) is 5.11 Å². The lowest BCUT2D eigenvalue weighted by atomic mass is 9.59. The fourth-order valence-electron chi connectivity index (χ4n) is 3.12. The number of phenols is 1. The van der Waals surface area contributed by atoms with Crippen LogP contribution in [0.5, 0.6) is 5.75 Å². The Bertz CT molecular complexity index is 359. The lowest BCUT2D eigenvalue weighted by Gasteiger charge is -2.44. The van der Waals surface area contributed by atoms with E-state index in [1.807, 2.05) is 0 Å². The van der Waals surface area contributed by atoms with Gasteiger partial charge in [0.15, 0.2) is 0 Å². The molecule has 2 fully saturated rings. The highest BCUT2D eigenvalue weighted by molar-refractivity contribution is 5.27. The molecule has 2 unspecified atom stereocenters. The zero-order chi connectivity index (χ0) is 10.3. The Labute approximate surface area is 90.3 Å². The summed E-state index contributed by atoms with van der Waals surface area (Å²) in [5.41, 5.74) is 1.90. The first-order chi connectivity index (χ1) is 7.28. The molecule has 2 N–H and O–H groups in total. The minimum absolute atomic E-state index is 0.367. The maximum Gasteiger partial charge on any atom is 0.115 e. The number of nitrogens with one attached hydrogen (secondary N) is 1. The molecule has 1 aromatic carbocycles. The predicted octanol–water partition coefficient (Wildman–Crippen LogP) is 1.93. The van der Waals surface area contributed by atoms with Gasteiger partial charge >= 0.3 is 0 Å². The summed E-state index contributed by atoms with van der Waals surface area (Å²) in [5, 5.41) is 12.7. The number of fused-ring (bicyclic) bond motifs is 1. The summed E-state index contributed by atoms with van der Waals surface area (Å²) in [6.07, 6.45) is 3.93. The van der Waals surface area contributed by atoms with Crippen molar-refractivity contribution in [1.29, 1.82) is 0 Å². The van der Waals surface area contributed by atoms with E-state index >= 15 is 0 Å². The van der Waals surface area contributed by atoms with Gasteiger partial charge in [0.25, 0.3) is 0 Å². The molecule has 2 nitrogen and oxygen atoms in total. The van der Waals surface area contributed by atoms with E-state index < -0.39 is 0 Å². The van der Waals surface area contributed by atoms with Crippen molar-refractivity contribution in [3.8, 4) is 5.75 Å². The number of rotatable bonds is 2. The lowest BCUT2D eigenvalue weighted by molar-refractivity contribution is 0.0864. The van der Waals surface area contributed by atoms with Crippen LogP contribution in [-0.4, -0.2) is 18.2 Å². The second-order valence-corrected chi connectivity index (χ2v) is 5.07. The zero-order valence-electron chi connectivity index (χ0n) is 8.87. The van der Waals surface area contributed by atoms with Crippen molar-refractivity contribution in [3.05, 3.63) is 29.8 Å². The summed E-state index contributed by atoms with van der Waals surface area (Å²) in [5.74, 6) is 1.26. The van der Waals surface area contributed by atoms with Crippen LogP contribution in [0.4, 0.5) is 0 Å². The Morgan fingerprint density at radius 3 is 2.73 bits per heavy atom. The first kappa shape index (κ1) is 9.22. The standard InChI is InChI=1S/C13H17NO/c15-12-3-1-10(2-4-12)7-13-6-5-11(13)8-14-9-13/h1-4,11,14-15H,5-9H2. The molecule has 1 aliphatic heterocycles. The van der Waals surface area contributed by atoms with Crippen LogP contribution in [0, 0.1) is 11.3 Å². The number of phenolic OH excluding ortho intramolecular Hbond substituents is 1. The quantitative estimate of drug-likeness (QED) is 0.770. The molecule has 1 heterocycles. The summed E-state index contributed by atoms with van der Waals surface area (Å²) in [6.45, 7) is 2.39. The second-order valence-electron chi connectivity index (χ2n) is 5.07. The molecule has 1 aliphatic carbocycles. The average molecular weight is 203 g/mol. The van der Waals surface area contributed by atoms with Crippen molar-refractivity contribution in [2.75, 3.05) is 13.1 Å². The first-order valence-electron chi connectivity index (χ1n) is 5.77. The fraction of sp³-hybridized carbons (Fsp3) is 0.538. The third-order valence-electron chi connectivity index (χ3n) is 4.22. The van der Waals surface area contributed by atoms with E-state index in [0.717, 1.165) is 5.92 Å². The van der Waals surface area contributed by atoms with Gasteiger partial charge in [-0.3, -0.25) is 0 Å².